The van der Waals surface area contributed by atoms with Crippen LogP contribution in [0.25, 0.3) is 0 Å². The van der Waals surface area contributed by atoms with E-state index in [-0.39, 0.29) is 5.82 Å². The molecular formula is C5H9BO2. The van der Waals surface area contributed by atoms with Crippen LogP contribution in [0.2, 0.25) is 5.82 Å². The predicted molar refractivity (Wildman–Crippen MR) is 32.3 cm³/mol. The van der Waals surface area contributed by atoms with Crippen LogP contribution in [0.1, 0.15) is 12.8 Å². The molecular weight excluding hydrogens is 103 g/mol. The summed E-state index contributed by atoms with van der Waals surface area (Å²) < 4.78 is 0. The van der Waals surface area contributed by atoms with Crippen molar-refractivity contribution in [2.45, 2.75) is 18.7 Å². The van der Waals surface area contributed by atoms with Crippen LogP contribution in [-0.2, 0) is 0 Å². The normalized spacial score (nSPS) is 19.8. The Hall–Kier alpha value is -0.275. The fourth-order valence-electron chi connectivity index (χ4n) is 0.882. The van der Waals surface area contributed by atoms with Gasteiger partial charge in [-0.3, -0.25) is 0 Å². The topological polar surface area (TPSA) is 40.5 Å². The third kappa shape index (κ3) is 1.11. The summed E-state index contributed by atoms with van der Waals surface area (Å²) in [6.45, 7) is 0. The Kier molecular flexibility index (Phi) is 1.71. The smallest absolute Gasteiger partial charge is 0.427 e. The van der Waals surface area contributed by atoms with Gasteiger partial charge in [0.1, 0.15) is 0 Å². The Labute approximate surface area is 49.0 Å². The van der Waals surface area contributed by atoms with Crippen molar-refractivity contribution in [3.8, 4) is 0 Å². The van der Waals surface area contributed by atoms with E-state index in [1.807, 2.05) is 12.2 Å². The standard InChI is InChI=1S/C5H9BO2/c7-6(8)5-3-1-2-4-5/h1-2,5,7-8H,3-4H2. The molecule has 2 nitrogen and oxygen atoms in total. The molecule has 0 bridgehead atoms. The molecule has 0 amide bonds. The Morgan fingerprint density at radius 1 is 1.25 bits per heavy atom. The van der Waals surface area contributed by atoms with Crippen molar-refractivity contribution in [1.82, 2.24) is 0 Å². The summed E-state index contributed by atoms with van der Waals surface area (Å²) in [4.78, 5) is 0. The lowest BCUT2D eigenvalue weighted by atomic mass is 9.71. The van der Waals surface area contributed by atoms with Gasteiger partial charge in [0.05, 0.1) is 0 Å². The van der Waals surface area contributed by atoms with Crippen molar-refractivity contribution in [3.63, 3.8) is 0 Å². The quantitative estimate of drug-likeness (QED) is 0.375. The molecule has 0 unspecified atom stereocenters. The van der Waals surface area contributed by atoms with E-state index < -0.39 is 7.12 Å². The summed E-state index contributed by atoms with van der Waals surface area (Å²) in [5, 5.41) is 17.1. The minimum absolute atomic E-state index is 0.0648. The van der Waals surface area contributed by atoms with E-state index in [1.165, 1.54) is 0 Å². The number of allylic oxidation sites excluding steroid dienone is 2. The zero-order valence-electron chi connectivity index (χ0n) is 4.62. The largest absolute Gasteiger partial charge is 0.455 e. The summed E-state index contributed by atoms with van der Waals surface area (Å²) in [7, 11) is -1.12. The first-order valence-corrected chi connectivity index (χ1v) is 2.82. The monoisotopic (exact) mass is 112 g/mol. The highest BCUT2D eigenvalue weighted by molar-refractivity contribution is 6.43. The van der Waals surface area contributed by atoms with Crippen LogP contribution in [0, 0.1) is 0 Å². The minimum Gasteiger partial charge on any atom is -0.427 e. The molecule has 0 heterocycles. The molecule has 8 heavy (non-hydrogen) atoms. The second-order valence-electron chi connectivity index (χ2n) is 2.12. The number of hydrogen-bond acceptors (Lipinski definition) is 2. The summed E-state index contributed by atoms with van der Waals surface area (Å²) >= 11 is 0. The van der Waals surface area contributed by atoms with Gasteiger partial charge in [-0.15, -0.1) is 0 Å². The van der Waals surface area contributed by atoms with Crippen LogP contribution in [0.3, 0.4) is 0 Å². The molecule has 0 aromatic rings. The van der Waals surface area contributed by atoms with Crippen molar-refractivity contribution in [2.24, 2.45) is 0 Å². The van der Waals surface area contributed by atoms with Gasteiger partial charge in [-0.05, 0) is 12.8 Å². The lowest BCUT2D eigenvalue weighted by Gasteiger charge is -2.03. The van der Waals surface area contributed by atoms with E-state index in [2.05, 4.69) is 0 Å². The van der Waals surface area contributed by atoms with E-state index >= 15 is 0 Å². The molecule has 0 spiro atoms. The first-order chi connectivity index (χ1) is 3.80. The SMILES string of the molecule is OB(O)C1CC=CC1. The average Bonchev–Trinajstić information content (AvgIpc) is 2.12. The molecule has 1 aliphatic carbocycles. The average molecular weight is 112 g/mol. The highest BCUT2D eigenvalue weighted by Gasteiger charge is 2.22. The highest BCUT2D eigenvalue weighted by atomic mass is 16.4. The van der Waals surface area contributed by atoms with Crippen LogP contribution >= 0.6 is 0 Å². The lowest BCUT2D eigenvalue weighted by molar-refractivity contribution is 0.386. The van der Waals surface area contributed by atoms with Crippen LogP contribution in [0.15, 0.2) is 12.2 Å². The second-order valence-corrected chi connectivity index (χ2v) is 2.12. The molecule has 0 aromatic heterocycles. The van der Waals surface area contributed by atoms with Gasteiger partial charge in [0, 0.05) is 5.82 Å². The van der Waals surface area contributed by atoms with Gasteiger partial charge in [0.25, 0.3) is 0 Å². The summed E-state index contributed by atoms with van der Waals surface area (Å²) in [5.74, 6) is 0.0648. The van der Waals surface area contributed by atoms with Gasteiger partial charge in [-0.1, -0.05) is 12.2 Å². The van der Waals surface area contributed by atoms with Gasteiger partial charge in [-0.25, -0.2) is 0 Å². The van der Waals surface area contributed by atoms with Crippen molar-refractivity contribution in [3.05, 3.63) is 12.2 Å². The Balaban J connectivity index is 2.29. The Morgan fingerprint density at radius 2 is 1.75 bits per heavy atom. The van der Waals surface area contributed by atoms with Crippen LogP contribution in [-0.4, -0.2) is 17.2 Å². The fraction of sp³-hybridized carbons (Fsp3) is 0.600. The summed E-state index contributed by atoms with van der Waals surface area (Å²) in [6, 6.07) is 0. The van der Waals surface area contributed by atoms with Crippen LogP contribution < -0.4 is 0 Å². The minimum atomic E-state index is -1.12. The van der Waals surface area contributed by atoms with E-state index in [4.69, 9.17) is 10.0 Å². The van der Waals surface area contributed by atoms with Crippen molar-refractivity contribution < 1.29 is 10.0 Å². The van der Waals surface area contributed by atoms with E-state index in [0.717, 1.165) is 12.8 Å². The third-order valence-electron chi connectivity index (χ3n) is 1.47. The molecule has 1 aliphatic rings. The maximum Gasteiger partial charge on any atom is 0.455 e. The van der Waals surface area contributed by atoms with Crippen molar-refractivity contribution in [2.75, 3.05) is 0 Å². The van der Waals surface area contributed by atoms with Gasteiger partial charge >= 0.3 is 7.12 Å². The van der Waals surface area contributed by atoms with Gasteiger partial charge in [-0.2, -0.15) is 0 Å². The van der Waals surface area contributed by atoms with Gasteiger partial charge in [0.2, 0.25) is 0 Å². The molecule has 0 atom stereocenters. The van der Waals surface area contributed by atoms with Gasteiger partial charge < -0.3 is 10.0 Å². The molecule has 44 valence electrons. The highest BCUT2D eigenvalue weighted by Crippen LogP contribution is 2.24. The third-order valence-corrected chi connectivity index (χ3v) is 1.47. The van der Waals surface area contributed by atoms with E-state index in [9.17, 15) is 0 Å². The Morgan fingerprint density at radius 3 is 2.00 bits per heavy atom. The van der Waals surface area contributed by atoms with E-state index in [1.54, 1.807) is 0 Å². The number of rotatable bonds is 1. The lowest BCUT2D eigenvalue weighted by Crippen LogP contribution is -2.17. The molecule has 0 saturated heterocycles. The first kappa shape index (κ1) is 5.85. The molecule has 0 radical (unpaired) electrons. The first-order valence-electron chi connectivity index (χ1n) is 2.82. The number of hydrogen-bond donors (Lipinski definition) is 2. The molecule has 3 heteroatoms. The maximum atomic E-state index is 8.57. The fourth-order valence-corrected chi connectivity index (χ4v) is 0.882. The summed E-state index contributed by atoms with van der Waals surface area (Å²) in [6.07, 6.45) is 5.59. The zero-order valence-corrected chi connectivity index (χ0v) is 4.62. The second kappa shape index (κ2) is 2.33. The Bertz CT molecular complexity index is 92.6. The van der Waals surface area contributed by atoms with Crippen molar-refractivity contribution >= 4 is 7.12 Å². The van der Waals surface area contributed by atoms with Gasteiger partial charge in [0.15, 0.2) is 0 Å². The predicted octanol–water partition coefficient (Wildman–Crippen LogP) is 0.179. The molecule has 0 aliphatic heterocycles. The molecule has 1 rings (SSSR count). The molecule has 0 fully saturated rings. The molecule has 0 saturated carbocycles. The summed E-state index contributed by atoms with van der Waals surface area (Å²) in [5.41, 5.74) is 0. The maximum absolute atomic E-state index is 8.57. The molecule has 0 aromatic carbocycles. The van der Waals surface area contributed by atoms with Crippen LogP contribution in [0.5, 0.6) is 0 Å². The molecule has 2 N–H and O–H groups in total. The van der Waals surface area contributed by atoms with E-state index in [0.29, 0.717) is 0 Å². The van der Waals surface area contributed by atoms with Crippen molar-refractivity contribution in [1.29, 1.82) is 0 Å². The zero-order chi connectivity index (χ0) is 5.98. The van der Waals surface area contributed by atoms with Crippen LogP contribution in [0.4, 0.5) is 0 Å².